The average molecular weight is 283 g/mol. The Labute approximate surface area is 114 Å². The van der Waals surface area contributed by atoms with Gasteiger partial charge in [0.2, 0.25) is 0 Å². The van der Waals surface area contributed by atoms with Gasteiger partial charge in [0.25, 0.3) is 0 Å². The number of sulfone groups is 1. The van der Waals surface area contributed by atoms with E-state index in [1.807, 2.05) is 24.3 Å². The molecule has 4 nitrogen and oxygen atoms in total. The third kappa shape index (κ3) is 4.51. The van der Waals surface area contributed by atoms with Crippen molar-refractivity contribution in [2.75, 3.05) is 23.4 Å². The maximum atomic E-state index is 11.6. The number of hydrogen-bond acceptors (Lipinski definition) is 4. The maximum Gasteiger partial charge on any atom is 0.152 e. The van der Waals surface area contributed by atoms with E-state index in [9.17, 15) is 8.42 Å². The van der Waals surface area contributed by atoms with Crippen LogP contribution < -0.4 is 5.32 Å². The van der Waals surface area contributed by atoms with E-state index in [2.05, 4.69) is 5.32 Å². The van der Waals surface area contributed by atoms with Crippen LogP contribution in [-0.2, 0) is 16.3 Å². The van der Waals surface area contributed by atoms with Crippen molar-refractivity contribution in [2.24, 2.45) is 0 Å². The number of rotatable bonds is 5. The number of anilines is 1. The van der Waals surface area contributed by atoms with Gasteiger partial charge in [0, 0.05) is 18.3 Å². The zero-order valence-corrected chi connectivity index (χ0v) is 11.8. The minimum absolute atomic E-state index is 0.0202. The van der Waals surface area contributed by atoms with Crippen molar-refractivity contribution in [3.63, 3.8) is 0 Å². The number of benzene rings is 1. The highest BCUT2D eigenvalue weighted by Gasteiger charge is 2.24. The van der Waals surface area contributed by atoms with E-state index in [-0.39, 0.29) is 18.4 Å². The topological polar surface area (TPSA) is 66.4 Å². The molecule has 2 rings (SSSR count). The predicted molar refractivity (Wildman–Crippen MR) is 77.1 cm³/mol. The fourth-order valence-electron chi connectivity index (χ4n) is 2.47. The van der Waals surface area contributed by atoms with Gasteiger partial charge in [-0.25, -0.2) is 8.42 Å². The highest BCUT2D eigenvalue weighted by molar-refractivity contribution is 7.91. The van der Waals surface area contributed by atoms with Crippen LogP contribution in [0.1, 0.15) is 24.8 Å². The third-order valence-corrected chi connectivity index (χ3v) is 5.21. The van der Waals surface area contributed by atoms with Gasteiger partial charge >= 0.3 is 0 Å². The molecular formula is C14H21NO3S. The van der Waals surface area contributed by atoms with Crippen molar-refractivity contribution in [3.05, 3.63) is 29.8 Å². The molecule has 1 aliphatic rings. The number of aryl methyl sites for hydroxylation is 1. The number of hydrogen-bond donors (Lipinski definition) is 2. The molecule has 0 amide bonds. The van der Waals surface area contributed by atoms with Crippen LogP contribution >= 0.6 is 0 Å². The van der Waals surface area contributed by atoms with Gasteiger partial charge in [-0.1, -0.05) is 12.1 Å². The van der Waals surface area contributed by atoms with Crippen LogP contribution in [0, 0.1) is 0 Å². The summed E-state index contributed by atoms with van der Waals surface area (Å²) >= 11 is 0. The van der Waals surface area contributed by atoms with E-state index >= 15 is 0 Å². The first-order valence-electron chi connectivity index (χ1n) is 6.76. The summed E-state index contributed by atoms with van der Waals surface area (Å²) in [5.74, 6) is 0.551. The van der Waals surface area contributed by atoms with Crippen molar-refractivity contribution in [3.8, 4) is 0 Å². The Morgan fingerprint density at radius 3 is 2.95 bits per heavy atom. The Morgan fingerprint density at radius 1 is 1.37 bits per heavy atom. The van der Waals surface area contributed by atoms with Crippen LogP contribution in [-0.4, -0.2) is 37.7 Å². The van der Waals surface area contributed by atoms with Crippen LogP contribution in [0.15, 0.2) is 24.3 Å². The summed E-state index contributed by atoms with van der Waals surface area (Å²) in [6, 6.07) is 8.01. The van der Waals surface area contributed by atoms with Crippen molar-refractivity contribution in [1.29, 1.82) is 0 Å². The largest absolute Gasteiger partial charge is 0.396 e. The van der Waals surface area contributed by atoms with E-state index in [0.717, 1.165) is 36.9 Å². The molecule has 1 aromatic carbocycles. The van der Waals surface area contributed by atoms with E-state index in [0.29, 0.717) is 5.75 Å². The lowest BCUT2D eigenvalue weighted by atomic mass is 10.1. The summed E-state index contributed by atoms with van der Waals surface area (Å²) in [5, 5.41) is 12.1. The first-order valence-corrected chi connectivity index (χ1v) is 8.58. The molecule has 0 spiro atoms. The standard InChI is InChI=1S/C14H21NO3S/c16-8-2-5-12-4-1-6-13(10-12)15-14-7-3-9-19(17,18)11-14/h1,4,6,10,14-16H,2-3,5,7-9,11H2. The van der Waals surface area contributed by atoms with Gasteiger partial charge < -0.3 is 10.4 Å². The molecule has 0 aromatic heterocycles. The van der Waals surface area contributed by atoms with Gasteiger partial charge in [-0.05, 0) is 43.4 Å². The minimum atomic E-state index is -2.87. The molecule has 1 fully saturated rings. The Bertz CT molecular complexity index is 513. The summed E-state index contributed by atoms with van der Waals surface area (Å²) in [6.07, 6.45) is 3.24. The molecule has 0 aliphatic carbocycles. The Kier molecular flexibility index (Phi) is 4.82. The monoisotopic (exact) mass is 283 g/mol. The summed E-state index contributed by atoms with van der Waals surface area (Å²) in [6.45, 7) is 0.193. The highest BCUT2D eigenvalue weighted by Crippen LogP contribution is 2.19. The molecule has 1 unspecified atom stereocenters. The zero-order valence-electron chi connectivity index (χ0n) is 11.0. The van der Waals surface area contributed by atoms with E-state index < -0.39 is 9.84 Å². The summed E-state index contributed by atoms with van der Waals surface area (Å²) < 4.78 is 23.2. The lowest BCUT2D eigenvalue weighted by Crippen LogP contribution is -2.34. The third-order valence-electron chi connectivity index (χ3n) is 3.38. The maximum absolute atomic E-state index is 11.6. The van der Waals surface area contributed by atoms with Crippen LogP contribution in [0.4, 0.5) is 5.69 Å². The van der Waals surface area contributed by atoms with Crippen LogP contribution in [0.5, 0.6) is 0 Å². The van der Waals surface area contributed by atoms with Gasteiger partial charge in [-0.15, -0.1) is 0 Å². The Hall–Kier alpha value is -1.07. The van der Waals surface area contributed by atoms with E-state index in [4.69, 9.17) is 5.11 Å². The van der Waals surface area contributed by atoms with Crippen molar-refractivity contribution >= 4 is 15.5 Å². The first-order chi connectivity index (χ1) is 9.09. The van der Waals surface area contributed by atoms with Crippen molar-refractivity contribution in [2.45, 2.75) is 31.7 Å². The van der Waals surface area contributed by atoms with Crippen molar-refractivity contribution < 1.29 is 13.5 Å². The van der Waals surface area contributed by atoms with Crippen molar-refractivity contribution in [1.82, 2.24) is 0 Å². The molecule has 106 valence electrons. The lowest BCUT2D eigenvalue weighted by molar-refractivity contribution is 0.288. The Balaban J connectivity index is 1.98. The second kappa shape index (κ2) is 6.39. The zero-order chi connectivity index (χ0) is 13.7. The molecule has 19 heavy (non-hydrogen) atoms. The highest BCUT2D eigenvalue weighted by atomic mass is 32.2. The lowest BCUT2D eigenvalue weighted by Gasteiger charge is -2.24. The van der Waals surface area contributed by atoms with Crippen LogP contribution in [0.25, 0.3) is 0 Å². The molecule has 5 heteroatoms. The molecule has 0 bridgehead atoms. The second-order valence-electron chi connectivity index (χ2n) is 5.13. The summed E-state index contributed by atoms with van der Waals surface area (Å²) in [5.41, 5.74) is 2.13. The molecule has 1 aliphatic heterocycles. The molecule has 1 heterocycles. The van der Waals surface area contributed by atoms with E-state index in [1.54, 1.807) is 0 Å². The van der Waals surface area contributed by atoms with Crippen LogP contribution in [0.2, 0.25) is 0 Å². The van der Waals surface area contributed by atoms with E-state index in [1.165, 1.54) is 0 Å². The normalized spacial score (nSPS) is 22.1. The summed E-state index contributed by atoms with van der Waals surface area (Å²) in [7, 11) is -2.87. The van der Waals surface area contributed by atoms with Crippen LogP contribution in [0.3, 0.4) is 0 Å². The first kappa shape index (κ1) is 14.3. The minimum Gasteiger partial charge on any atom is -0.396 e. The number of nitrogens with one attached hydrogen (secondary N) is 1. The molecule has 1 saturated heterocycles. The second-order valence-corrected chi connectivity index (χ2v) is 7.35. The Morgan fingerprint density at radius 2 is 2.21 bits per heavy atom. The molecule has 2 N–H and O–H groups in total. The SMILES string of the molecule is O=S1(=O)CCCC(Nc2cccc(CCCO)c2)C1. The number of aliphatic hydroxyl groups excluding tert-OH is 1. The fraction of sp³-hybridized carbons (Fsp3) is 0.571. The van der Waals surface area contributed by atoms with Gasteiger partial charge in [0.05, 0.1) is 11.5 Å². The van der Waals surface area contributed by atoms with Gasteiger partial charge in [-0.2, -0.15) is 0 Å². The quantitative estimate of drug-likeness (QED) is 0.861. The van der Waals surface area contributed by atoms with Gasteiger partial charge in [-0.3, -0.25) is 0 Å². The smallest absolute Gasteiger partial charge is 0.152 e. The van der Waals surface area contributed by atoms with Gasteiger partial charge in [0.15, 0.2) is 9.84 Å². The molecule has 0 saturated carbocycles. The fourth-order valence-corrected chi connectivity index (χ4v) is 4.11. The average Bonchev–Trinajstić information content (AvgIpc) is 2.35. The summed E-state index contributed by atoms with van der Waals surface area (Å²) in [4.78, 5) is 0. The number of aliphatic hydroxyl groups is 1. The molecular weight excluding hydrogens is 262 g/mol. The molecule has 1 aromatic rings. The molecule has 1 atom stereocenters. The molecule has 0 radical (unpaired) electrons. The van der Waals surface area contributed by atoms with Gasteiger partial charge in [0.1, 0.15) is 0 Å². The predicted octanol–water partition coefficient (Wildman–Crippen LogP) is 1.60.